The van der Waals surface area contributed by atoms with Crippen LogP contribution in [0.15, 0.2) is 48.5 Å². The molecule has 0 bridgehead atoms. The molecule has 0 saturated heterocycles. The Hall–Kier alpha value is -2.73. The zero-order chi connectivity index (χ0) is 18.9. The minimum Gasteiger partial charge on any atom is -0.494 e. The smallest absolute Gasteiger partial charge is 0.344 e. The number of ether oxygens (including phenoxy) is 3. The molecule has 0 heterocycles. The lowest BCUT2D eigenvalue weighted by molar-refractivity contribution is -0.155. The maximum absolute atomic E-state index is 12.0. The number of nitrogens with one attached hydrogen (secondary N) is 1. The summed E-state index contributed by atoms with van der Waals surface area (Å²) in [5.41, 5.74) is 0.563. The zero-order valence-electron chi connectivity index (χ0n) is 14.5. The highest BCUT2D eigenvalue weighted by Crippen LogP contribution is 2.17. The number of anilines is 1. The molecule has 138 valence electrons. The number of hydrogen-bond donors (Lipinski definition) is 1. The van der Waals surface area contributed by atoms with E-state index in [-0.39, 0.29) is 6.61 Å². The lowest BCUT2D eigenvalue weighted by atomic mass is 10.3. The topological polar surface area (TPSA) is 73.9 Å². The van der Waals surface area contributed by atoms with E-state index in [0.717, 1.165) is 5.75 Å². The van der Waals surface area contributed by atoms with E-state index in [1.807, 2.05) is 6.92 Å². The Morgan fingerprint density at radius 1 is 1.00 bits per heavy atom. The third-order valence-corrected chi connectivity index (χ3v) is 3.53. The normalized spacial score (nSPS) is 11.3. The number of rotatable bonds is 8. The van der Waals surface area contributed by atoms with Crippen molar-refractivity contribution in [2.45, 2.75) is 20.0 Å². The Labute approximate surface area is 157 Å². The van der Waals surface area contributed by atoms with Gasteiger partial charge in [0, 0.05) is 10.7 Å². The molecule has 2 aromatic rings. The van der Waals surface area contributed by atoms with Gasteiger partial charge in [0.2, 0.25) is 0 Å². The number of carbonyl (C=O) groups is 2. The van der Waals surface area contributed by atoms with Gasteiger partial charge in [0.25, 0.3) is 5.91 Å². The molecule has 0 aliphatic rings. The molecule has 1 atom stereocenters. The molecule has 0 aliphatic carbocycles. The van der Waals surface area contributed by atoms with Crippen molar-refractivity contribution in [3.05, 3.63) is 53.6 Å². The second kappa shape index (κ2) is 9.68. The van der Waals surface area contributed by atoms with Gasteiger partial charge < -0.3 is 19.5 Å². The van der Waals surface area contributed by atoms with Gasteiger partial charge in [-0.05, 0) is 62.4 Å². The van der Waals surface area contributed by atoms with Crippen LogP contribution in [0.4, 0.5) is 5.69 Å². The highest BCUT2D eigenvalue weighted by atomic mass is 35.5. The second-order valence-electron chi connectivity index (χ2n) is 5.32. The fraction of sp³-hybridized carbons (Fsp3) is 0.263. The zero-order valence-corrected chi connectivity index (χ0v) is 15.3. The highest BCUT2D eigenvalue weighted by molar-refractivity contribution is 6.30. The monoisotopic (exact) mass is 377 g/mol. The SMILES string of the molecule is CCOc1ccc(OCC(=O)O[C@H](C)C(=O)Nc2ccc(Cl)cc2)cc1. The number of halogens is 1. The van der Waals surface area contributed by atoms with Crippen LogP contribution in [0.1, 0.15) is 13.8 Å². The summed E-state index contributed by atoms with van der Waals surface area (Å²) in [5, 5.41) is 3.20. The molecule has 0 aromatic heterocycles. The average molecular weight is 378 g/mol. The van der Waals surface area contributed by atoms with Gasteiger partial charge in [-0.15, -0.1) is 0 Å². The fourth-order valence-corrected chi connectivity index (χ4v) is 2.13. The first-order valence-corrected chi connectivity index (χ1v) is 8.47. The van der Waals surface area contributed by atoms with Crippen LogP contribution in [-0.2, 0) is 14.3 Å². The minimum atomic E-state index is -0.956. The van der Waals surface area contributed by atoms with Crippen LogP contribution >= 0.6 is 11.6 Å². The predicted octanol–water partition coefficient (Wildman–Crippen LogP) is 3.69. The van der Waals surface area contributed by atoms with Gasteiger partial charge >= 0.3 is 5.97 Å². The molecule has 0 spiro atoms. The van der Waals surface area contributed by atoms with Crippen molar-refractivity contribution in [2.24, 2.45) is 0 Å². The summed E-state index contributed by atoms with van der Waals surface area (Å²) in [6.07, 6.45) is -0.956. The van der Waals surface area contributed by atoms with E-state index in [2.05, 4.69) is 5.32 Å². The molecular formula is C19H20ClNO5. The van der Waals surface area contributed by atoms with Crippen molar-refractivity contribution in [1.29, 1.82) is 0 Å². The third-order valence-electron chi connectivity index (χ3n) is 3.28. The van der Waals surface area contributed by atoms with E-state index in [4.69, 9.17) is 25.8 Å². The van der Waals surface area contributed by atoms with Crippen LogP contribution in [0.2, 0.25) is 5.02 Å². The highest BCUT2D eigenvalue weighted by Gasteiger charge is 2.18. The Kier molecular flexibility index (Phi) is 7.29. The number of hydrogen-bond acceptors (Lipinski definition) is 5. The minimum absolute atomic E-state index is 0.299. The van der Waals surface area contributed by atoms with Crippen LogP contribution in [0.5, 0.6) is 11.5 Å². The third kappa shape index (κ3) is 6.29. The lowest BCUT2D eigenvalue weighted by Crippen LogP contribution is -2.31. The average Bonchev–Trinajstić information content (AvgIpc) is 2.63. The van der Waals surface area contributed by atoms with E-state index in [1.54, 1.807) is 48.5 Å². The summed E-state index contributed by atoms with van der Waals surface area (Å²) in [5.74, 6) is 0.137. The summed E-state index contributed by atoms with van der Waals surface area (Å²) < 4.78 is 15.7. The number of carbonyl (C=O) groups excluding carboxylic acids is 2. The maximum Gasteiger partial charge on any atom is 0.344 e. The van der Waals surface area contributed by atoms with Gasteiger partial charge in [-0.2, -0.15) is 0 Å². The molecule has 7 heteroatoms. The van der Waals surface area contributed by atoms with Crippen LogP contribution in [0, 0.1) is 0 Å². The predicted molar refractivity (Wildman–Crippen MR) is 98.7 cm³/mol. The molecule has 6 nitrogen and oxygen atoms in total. The van der Waals surface area contributed by atoms with E-state index in [9.17, 15) is 9.59 Å². The molecule has 0 saturated carbocycles. The van der Waals surface area contributed by atoms with E-state index < -0.39 is 18.0 Å². The molecule has 0 fully saturated rings. The molecule has 2 rings (SSSR count). The largest absolute Gasteiger partial charge is 0.494 e. The van der Waals surface area contributed by atoms with Gasteiger partial charge in [0.15, 0.2) is 12.7 Å². The maximum atomic E-state index is 12.0. The molecular weight excluding hydrogens is 358 g/mol. The molecule has 0 radical (unpaired) electrons. The van der Waals surface area contributed by atoms with Crippen molar-refractivity contribution in [2.75, 3.05) is 18.5 Å². The van der Waals surface area contributed by atoms with Crippen molar-refractivity contribution in [3.63, 3.8) is 0 Å². The first-order chi connectivity index (χ1) is 12.5. The Bertz CT molecular complexity index is 731. The molecule has 0 aliphatic heterocycles. The van der Waals surface area contributed by atoms with E-state index in [0.29, 0.717) is 23.1 Å². The Morgan fingerprint density at radius 2 is 1.58 bits per heavy atom. The van der Waals surface area contributed by atoms with Gasteiger partial charge in [-0.25, -0.2) is 4.79 Å². The quantitative estimate of drug-likeness (QED) is 0.710. The first-order valence-electron chi connectivity index (χ1n) is 8.09. The fourth-order valence-electron chi connectivity index (χ4n) is 2.00. The van der Waals surface area contributed by atoms with Gasteiger partial charge in [-0.1, -0.05) is 11.6 Å². The van der Waals surface area contributed by atoms with Crippen molar-refractivity contribution < 1.29 is 23.8 Å². The van der Waals surface area contributed by atoms with Crippen molar-refractivity contribution in [3.8, 4) is 11.5 Å². The standard InChI is InChI=1S/C19H20ClNO5/c1-3-24-16-8-10-17(11-9-16)25-12-18(22)26-13(2)19(23)21-15-6-4-14(20)5-7-15/h4-11,13H,3,12H2,1-2H3,(H,21,23)/t13-/m1/s1. The molecule has 1 N–H and O–H groups in total. The number of benzene rings is 2. The van der Waals surface area contributed by atoms with Gasteiger partial charge in [0.05, 0.1) is 6.61 Å². The number of esters is 1. The van der Waals surface area contributed by atoms with Crippen LogP contribution in [0.3, 0.4) is 0 Å². The van der Waals surface area contributed by atoms with Crippen molar-refractivity contribution >= 4 is 29.2 Å². The molecule has 0 unspecified atom stereocenters. The lowest BCUT2D eigenvalue weighted by Gasteiger charge is -2.14. The molecule has 26 heavy (non-hydrogen) atoms. The number of amides is 1. The van der Waals surface area contributed by atoms with E-state index >= 15 is 0 Å². The van der Waals surface area contributed by atoms with Crippen LogP contribution in [-0.4, -0.2) is 31.2 Å². The summed E-state index contributed by atoms with van der Waals surface area (Å²) in [4.78, 5) is 23.9. The summed E-state index contributed by atoms with van der Waals surface area (Å²) >= 11 is 5.79. The Balaban J connectivity index is 1.77. The summed E-state index contributed by atoms with van der Waals surface area (Å²) in [6, 6.07) is 13.5. The molecule has 2 aromatic carbocycles. The summed E-state index contributed by atoms with van der Waals surface area (Å²) in [7, 11) is 0. The van der Waals surface area contributed by atoms with E-state index in [1.165, 1.54) is 6.92 Å². The van der Waals surface area contributed by atoms with Crippen LogP contribution < -0.4 is 14.8 Å². The van der Waals surface area contributed by atoms with Crippen LogP contribution in [0.25, 0.3) is 0 Å². The van der Waals surface area contributed by atoms with Gasteiger partial charge in [-0.3, -0.25) is 4.79 Å². The van der Waals surface area contributed by atoms with Crippen molar-refractivity contribution in [1.82, 2.24) is 0 Å². The Morgan fingerprint density at radius 3 is 2.15 bits per heavy atom. The molecule has 1 amide bonds. The summed E-state index contributed by atoms with van der Waals surface area (Å²) in [6.45, 7) is 3.65. The second-order valence-corrected chi connectivity index (χ2v) is 5.76. The van der Waals surface area contributed by atoms with Gasteiger partial charge in [0.1, 0.15) is 11.5 Å². The first kappa shape index (κ1) is 19.6.